The summed E-state index contributed by atoms with van der Waals surface area (Å²) in [6, 6.07) is 3.59. The molecule has 1 aromatic heterocycles. The lowest BCUT2D eigenvalue weighted by Gasteiger charge is -2.45. The van der Waals surface area contributed by atoms with Gasteiger partial charge in [0.1, 0.15) is 5.82 Å². The van der Waals surface area contributed by atoms with E-state index in [0.717, 1.165) is 6.54 Å². The fourth-order valence-corrected chi connectivity index (χ4v) is 2.84. The van der Waals surface area contributed by atoms with E-state index in [2.05, 4.69) is 20.4 Å². The van der Waals surface area contributed by atoms with Gasteiger partial charge in [-0.2, -0.15) is 0 Å². The van der Waals surface area contributed by atoms with Crippen LogP contribution in [-0.4, -0.2) is 51.8 Å². The van der Waals surface area contributed by atoms with Crippen molar-refractivity contribution < 1.29 is 9.90 Å². The molecule has 3 fully saturated rings. The quantitative estimate of drug-likeness (QED) is 0.819. The molecule has 2 bridgehead atoms. The molecule has 6 heteroatoms. The number of nitrogens with zero attached hydrogens (tertiary/aromatic N) is 3. The Morgan fingerprint density at radius 1 is 1.33 bits per heavy atom. The molecule has 6 nitrogen and oxygen atoms in total. The fourth-order valence-electron chi connectivity index (χ4n) is 2.84. The minimum Gasteiger partial charge on any atom is -0.476 e. The molecule has 0 spiro atoms. The van der Waals surface area contributed by atoms with E-state index >= 15 is 0 Å². The van der Waals surface area contributed by atoms with Crippen molar-refractivity contribution in [1.82, 2.24) is 15.1 Å². The Balaban J connectivity index is 1.67. The van der Waals surface area contributed by atoms with Crippen LogP contribution in [0.15, 0.2) is 12.1 Å². The van der Waals surface area contributed by atoms with E-state index in [4.69, 9.17) is 5.11 Å². The molecule has 0 aliphatic carbocycles. The Labute approximate surface area is 105 Å². The van der Waals surface area contributed by atoms with Gasteiger partial charge >= 0.3 is 5.97 Å². The van der Waals surface area contributed by atoms with Crippen LogP contribution in [0.5, 0.6) is 0 Å². The van der Waals surface area contributed by atoms with Crippen molar-refractivity contribution in [1.29, 1.82) is 0 Å². The van der Waals surface area contributed by atoms with Gasteiger partial charge in [0, 0.05) is 12.6 Å². The van der Waals surface area contributed by atoms with Crippen molar-refractivity contribution in [3.05, 3.63) is 17.8 Å². The van der Waals surface area contributed by atoms with Crippen LogP contribution in [0, 0.1) is 5.92 Å². The van der Waals surface area contributed by atoms with Crippen molar-refractivity contribution >= 4 is 11.8 Å². The largest absolute Gasteiger partial charge is 0.476 e. The van der Waals surface area contributed by atoms with Crippen molar-refractivity contribution in [2.24, 2.45) is 5.92 Å². The Morgan fingerprint density at radius 2 is 2.11 bits per heavy atom. The first kappa shape index (κ1) is 11.4. The summed E-state index contributed by atoms with van der Waals surface area (Å²) < 4.78 is 0. The van der Waals surface area contributed by atoms with Gasteiger partial charge < -0.3 is 15.3 Å². The number of carboxylic acids is 1. The Bertz CT molecular complexity index is 440. The first-order valence-electron chi connectivity index (χ1n) is 6.28. The summed E-state index contributed by atoms with van der Waals surface area (Å²) in [5.74, 6) is 0.326. The molecule has 2 N–H and O–H groups in total. The molecular formula is C12H16N4O2. The lowest BCUT2D eigenvalue weighted by molar-refractivity contribution is 0.0689. The minimum atomic E-state index is -1.04. The molecule has 0 amide bonds. The second kappa shape index (κ2) is 4.53. The van der Waals surface area contributed by atoms with Crippen molar-refractivity contribution in [3.8, 4) is 0 Å². The van der Waals surface area contributed by atoms with Gasteiger partial charge in [0.25, 0.3) is 0 Å². The second-order valence-electron chi connectivity index (χ2n) is 5.00. The summed E-state index contributed by atoms with van der Waals surface area (Å²) in [6.07, 6.45) is 2.47. The van der Waals surface area contributed by atoms with Gasteiger partial charge in [-0.05, 0) is 44.0 Å². The van der Waals surface area contributed by atoms with Crippen molar-refractivity contribution in [3.63, 3.8) is 0 Å². The fraction of sp³-hybridized carbons (Fsp3) is 0.583. The van der Waals surface area contributed by atoms with E-state index in [1.807, 2.05) is 0 Å². The highest BCUT2D eigenvalue weighted by Gasteiger charge is 2.34. The number of anilines is 1. The average molecular weight is 248 g/mol. The maximum Gasteiger partial charge on any atom is 0.356 e. The topological polar surface area (TPSA) is 78.4 Å². The standard InChI is InChI=1S/C12H16N4O2/c17-12(18)9-1-2-11(15-14-9)13-10-7-16-5-3-8(10)4-6-16/h1-2,8,10H,3-7H2,(H,13,15)(H,17,18). The molecule has 18 heavy (non-hydrogen) atoms. The average Bonchev–Trinajstić information content (AvgIpc) is 2.41. The number of nitrogens with one attached hydrogen (secondary N) is 1. The molecule has 3 saturated heterocycles. The van der Waals surface area contributed by atoms with E-state index in [1.54, 1.807) is 6.07 Å². The summed E-state index contributed by atoms with van der Waals surface area (Å²) in [7, 11) is 0. The Hall–Kier alpha value is -1.69. The van der Waals surface area contributed by atoms with Crippen LogP contribution >= 0.6 is 0 Å². The molecule has 1 aromatic rings. The third-order valence-corrected chi connectivity index (χ3v) is 3.87. The number of piperidine rings is 3. The zero-order chi connectivity index (χ0) is 12.5. The summed E-state index contributed by atoms with van der Waals surface area (Å²) in [5, 5.41) is 19.7. The number of rotatable bonds is 3. The number of aromatic carboxylic acids is 1. The van der Waals surface area contributed by atoms with Crippen LogP contribution in [-0.2, 0) is 0 Å². The molecular weight excluding hydrogens is 232 g/mol. The molecule has 0 saturated carbocycles. The molecule has 96 valence electrons. The van der Waals surface area contributed by atoms with Gasteiger partial charge in [0.15, 0.2) is 5.69 Å². The summed E-state index contributed by atoms with van der Waals surface area (Å²) >= 11 is 0. The van der Waals surface area contributed by atoms with Gasteiger partial charge in [-0.1, -0.05) is 0 Å². The number of aromatic nitrogens is 2. The Morgan fingerprint density at radius 3 is 2.61 bits per heavy atom. The number of hydrogen-bond acceptors (Lipinski definition) is 5. The van der Waals surface area contributed by atoms with E-state index in [0.29, 0.717) is 17.8 Å². The molecule has 3 aliphatic rings. The van der Waals surface area contributed by atoms with Crippen LogP contribution in [0.2, 0.25) is 0 Å². The van der Waals surface area contributed by atoms with Gasteiger partial charge in [0.2, 0.25) is 0 Å². The van der Waals surface area contributed by atoms with Gasteiger partial charge in [-0.25, -0.2) is 4.79 Å². The van der Waals surface area contributed by atoms with Crippen LogP contribution in [0.4, 0.5) is 5.82 Å². The molecule has 4 heterocycles. The van der Waals surface area contributed by atoms with Crippen molar-refractivity contribution in [2.75, 3.05) is 25.0 Å². The second-order valence-corrected chi connectivity index (χ2v) is 5.00. The number of carbonyl (C=O) groups is 1. The molecule has 1 atom stereocenters. The molecule has 3 aliphatic heterocycles. The smallest absolute Gasteiger partial charge is 0.356 e. The van der Waals surface area contributed by atoms with Crippen LogP contribution < -0.4 is 5.32 Å². The predicted molar refractivity (Wildman–Crippen MR) is 65.6 cm³/mol. The third-order valence-electron chi connectivity index (χ3n) is 3.87. The normalized spacial score (nSPS) is 30.1. The summed E-state index contributed by atoms with van der Waals surface area (Å²) in [6.45, 7) is 3.45. The molecule has 0 aromatic carbocycles. The highest BCUT2D eigenvalue weighted by atomic mass is 16.4. The lowest BCUT2D eigenvalue weighted by Crippen LogP contribution is -2.53. The first-order chi connectivity index (χ1) is 8.72. The van der Waals surface area contributed by atoms with Crippen LogP contribution in [0.1, 0.15) is 23.3 Å². The molecule has 4 rings (SSSR count). The number of fused-ring (bicyclic) bond motifs is 3. The van der Waals surface area contributed by atoms with E-state index in [1.165, 1.54) is 32.0 Å². The maximum atomic E-state index is 10.7. The Kier molecular flexibility index (Phi) is 2.87. The highest BCUT2D eigenvalue weighted by Crippen LogP contribution is 2.29. The van der Waals surface area contributed by atoms with Gasteiger partial charge in [0.05, 0.1) is 0 Å². The number of hydrogen-bond donors (Lipinski definition) is 2. The van der Waals surface area contributed by atoms with Crippen LogP contribution in [0.25, 0.3) is 0 Å². The molecule has 0 radical (unpaired) electrons. The summed E-state index contributed by atoms with van der Waals surface area (Å²) in [4.78, 5) is 13.1. The van der Waals surface area contributed by atoms with E-state index in [9.17, 15) is 4.79 Å². The molecule has 1 unspecified atom stereocenters. The predicted octanol–water partition coefficient (Wildman–Crippen LogP) is 0.681. The van der Waals surface area contributed by atoms with Gasteiger partial charge in [-0.15, -0.1) is 10.2 Å². The monoisotopic (exact) mass is 248 g/mol. The summed E-state index contributed by atoms with van der Waals surface area (Å²) in [5.41, 5.74) is -0.0190. The first-order valence-corrected chi connectivity index (χ1v) is 6.28. The lowest BCUT2D eigenvalue weighted by atomic mass is 9.84. The zero-order valence-corrected chi connectivity index (χ0v) is 10.0. The minimum absolute atomic E-state index is 0.0190. The SMILES string of the molecule is O=C(O)c1ccc(NC2CN3CCC2CC3)nn1. The zero-order valence-electron chi connectivity index (χ0n) is 10.0. The van der Waals surface area contributed by atoms with E-state index < -0.39 is 5.97 Å². The number of carboxylic acid groups (broad SMARTS) is 1. The third kappa shape index (κ3) is 2.15. The maximum absolute atomic E-state index is 10.7. The van der Waals surface area contributed by atoms with E-state index in [-0.39, 0.29) is 5.69 Å². The van der Waals surface area contributed by atoms with Crippen molar-refractivity contribution in [2.45, 2.75) is 18.9 Å². The van der Waals surface area contributed by atoms with Gasteiger partial charge in [-0.3, -0.25) is 0 Å². The highest BCUT2D eigenvalue weighted by molar-refractivity contribution is 5.85. The van der Waals surface area contributed by atoms with Crippen LogP contribution in [0.3, 0.4) is 0 Å².